The number of nitrogens with zero attached hydrogens (tertiary/aromatic N) is 4. The summed E-state index contributed by atoms with van der Waals surface area (Å²) in [6.45, 7) is 0. The Morgan fingerprint density at radius 1 is 1.25 bits per heavy atom. The second kappa shape index (κ2) is 4.76. The molecular formula is C13H13FN6. The Balaban J connectivity index is 1.96. The first kappa shape index (κ1) is 12.3. The van der Waals surface area contributed by atoms with Crippen LogP contribution >= 0.6 is 0 Å². The van der Waals surface area contributed by atoms with Crippen LogP contribution in [0, 0.1) is 5.82 Å². The summed E-state index contributed by atoms with van der Waals surface area (Å²) in [5.41, 5.74) is 1.66. The van der Waals surface area contributed by atoms with Gasteiger partial charge in [0.15, 0.2) is 11.6 Å². The summed E-state index contributed by atoms with van der Waals surface area (Å²) in [4.78, 5) is 9.44. The van der Waals surface area contributed by atoms with E-state index >= 15 is 0 Å². The number of anilines is 3. The largest absolute Gasteiger partial charge is 0.360 e. The van der Waals surface area contributed by atoms with Gasteiger partial charge in [0, 0.05) is 25.2 Å². The van der Waals surface area contributed by atoms with E-state index in [1.54, 1.807) is 25.2 Å². The highest BCUT2D eigenvalue weighted by atomic mass is 19.1. The summed E-state index contributed by atoms with van der Waals surface area (Å²) in [5.74, 6) is -0.0942. The van der Waals surface area contributed by atoms with E-state index in [0.717, 1.165) is 16.6 Å². The van der Waals surface area contributed by atoms with Crippen molar-refractivity contribution in [3.05, 3.63) is 36.5 Å². The zero-order valence-corrected chi connectivity index (χ0v) is 11.1. The van der Waals surface area contributed by atoms with E-state index in [2.05, 4.69) is 25.5 Å². The molecule has 0 atom stereocenters. The average Bonchev–Trinajstić information content (AvgIpc) is 2.88. The number of fused-ring (bicyclic) bond motifs is 1. The quantitative estimate of drug-likeness (QED) is 0.765. The summed E-state index contributed by atoms with van der Waals surface area (Å²) in [6, 6.07) is 5.57. The molecule has 2 heterocycles. The fourth-order valence-corrected chi connectivity index (χ4v) is 1.92. The predicted octanol–water partition coefficient (Wildman–Crippen LogP) is 2.30. The van der Waals surface area contributed by atoms with Gasteiger partial charge in [0.25, 0.3) is 0 Å². The van der Waals surface area contributed by atoms with E-state index in [9.17, 15) is 4.39 Å². The Labute approximate surface area is 114 Å². The molecule has 0 fully saturated rings. The van der Waals surface area contributed by atoms with Gasteiger partial charge in [0.1, 0.15) is 6.33 Å². The number of aromatic amines is 1. The van der Waals surface area contributed by atoms with Gasteiger partial charge in [-0.15, -0.1) is 0 Å². The average molecular weight is 272 g/mol. The summed E-state index contributed by atoms with van der Waals surface area (Å²) in [7, 11) is 3.46. The zero-order valence-electron chi connectivity index (χ0n) is 11.1. The number of aromatic nitrogens is 4. The lowest BCUT2D eigenvalue weighted by molar-refractivity contribution is 0.617. The fourth-order valence-electron chi connectivity index (χ4n) is 1.92. The monoisotopic (exact) mass is 272 g/mol. The van der Waals surface area contributed by atoms with Crippen LogP contribution in [-0.4, -0.2) is 34.3 Å². The minimum Gasteiger partial charge on any atom is -0.360 e. The summed E-state index contributed by atoms with van der Waals surface area (Å²) < 4.78 is 14.2. The van der Waals surface area contributed by atoms with Crippen molar-refractivity contribution in [3.8, 4) is 0 Å². The van der Waals surface area contributed by atoms with Gasteiger partial charge in [-0.3, -0.25) is 5.10 Å². The predicted molar refractivity (Wildman–Crippen MR) is 75.7 cm³/mol. The van der Waals surface area contributed by atoms with E-state index in [1.807, 2.05) is 18.2 Å². The van der Waals surface area contributed by atoms with Gasteiger partial charge in [-0.1, -0.05) is 0 Å². The van der Waals surface area contributed by atoms with Crippen molar-refractivity contribution in [1.82, 2.24) is 20.2 Å². The molecule has 0 aliphatic heterocycles. The number of rotatable bonds is 3. The molecule has 6 nitrogen and oxygen atoms in total. The van der Waals surface area contributed by atoms with Gasteiger partial charge >= 0.3 is 0 Å². The molecule has 20 heavy (non-hydrogen) atoms. The molecule has 0 spiro atoms. The van der Waals surface area contributed by atoms with E-state index in [1.165, 1.54) is 6.33 Å². The number of H-pyrrole nitrogens is 1. The second-order valence-electron chi connectivity index (χ2n) is 4.55. The van der Waals surface area contributed by atoms with Crippen LogP contribution in [0.2, 0.25) is 0 Å². The van der Waals surface area contributed by atoms with Crippen LogP contribution in [0.1, 0.15) is 0 Å². The van der Waals surface area contributed by atoms with Gasteiger partial charge in [-0.2, -0.15) is 9.49 Å². The Bertz CT molecular complexity index is 751. The normalized spacial score (nSPS) is 10.8. The molecule has 2 N–H and O–H groups in total. The molecule has 1 aromatic carbocycles. The lowest BCUT2D eigenvalue weighted by Gasteiger charge is -2.14. The number of nitrogens with one attached hydrogen (secondary N) is 2. The van der Waals surface area contributed by atoms with Crippen LogP contribution in [0.5, 0.6) is 0 Å². The summed E-state index contributed by atoms with van der Waals surface area (Å²) >= 11 is 0. The molecule has 102 valence electrons. The second-order valence-corrected chi connectivity index (χ2v) is 4.55. The number of hydrogen-bond acceptors (Lipinski definition) is 5. The van der Waals surface area contributed by atoms with Crippen molar-refractivity contribution in [2.75, 3.05) is 24.3 Å². The van der Waals surface area contributed by atoms with E-state index < -0.39 is 5.82 Å². The highest BCUT2D eigenvalue weighted by Gasteiger charge is 2.12. The molecule has 0 unspecified atom stereocenters. The maximum atomic E-state index is 14.2. The molecule has 0 saturated carbocycles. The molecule has 0 saturated heterocycles. The first-order valence-electron chi connectivity index (χ1n) is 6.03. The third-order valence-corrected chi connectivity index (χ3v) is 2.90. The van der Waals surface area contributed by atoms with Crippen LogP contribution in [0.25, 0.3) is 10.9 Å². The fraction of sp³-hybridized carbons (Fsp3) is 0.154. The van der Waals surface area contributed by atoms with Gasteiger partial charge < -0.3 is 10.2 Å². The van der Waals surface area contributed by atoms with Crippen LogP contribution in [0.15, 0.2) is 30.7 Å². The molecule has 2 aromatic heterocycles. The first-order valence-corrected chi connectivity index (χ1v) is 6.03. The number of benzene rings is 1. The maximum absolute atomic E-state index is 14.2. The first-order chi connectivity index (χ1) is 9.65. The third-order valence-electron chi connectivity index (χ3n) is 2.90. The van der Waals surface area contributed by atoms with Gasteiger partial charge in [-0.25, -0.2) is 9.97 Å². The molecule has 0 bridgehead atoms. The van der Waals surface area contributed by atoms with Crippen molar-refractivity contribution >= 4 is 28.2 Å². The molecule has 3 aromatic rings. The minimum absolute atomic E-state index is 0.145. The molecule has 3 rings (SSSR count). The van der Waals surface area contributed by atoms with Gasteiger partial charge in [-0.05, 0) is 18.2 Å². The van der Waals surface area contributed by atoms with Crippen LogP contribution < -0.4 is 10.2 Å². The molecule has 0 amide bonds. The third kappa shape index (κ3) is 2.13. The molecule has 7 heteroatoms. The lowest BCUT2D eigenvalue weighted by Crippen LogP contribution is -2.14. The summed E-state index contributed by atoms with van der Waals surface area (Å²) in [6.07, 6.45) is 3.04. The topological polar surface area (TPSA) is 69.7 Å². The minimum atomic E-state index is -0.482. The van der Waals surface area contributed by atoms with Crippen molar-refractivity contribution in [1.29, 1.82) is 0 Å². The molecule has 0 aliphatic carbocycles. The van der Waals surface area contributed by atoms with Crippen LogP contribution in [0.3, 0.4) is 0 Å². The highest BCUT2D eigenvalue weighted by Crippen LogP contribution is 2.24. The van der Waals surface area contributed by atoms with E-state index in [0.29, 0.717) is 0 Å². The summed E-state index contributed by atoms with van der Waals surface area (Å²) in [5, 5.41) is 10.7. The number of hydrogen-bond donors (Lipinski definition) is 2. The van der Waals surface area contributed by atoms with Crippen LogP contribution in [0.4, 0.5) is 21.7 Å². The van der Waals surface area contributed by atoms with Crippen LogP contribution in [-0.2, 0) is 0 Å². The Hall–Kier alpha value is -2.70. The maximum Gasteiger partial charge on any atom is 0.208 e. The van der Waals surface area contributed by atoms with E-state index in [-0.39, 0.29) is 11.6 Å². The smallest absolute Gasteiger partial charge is 0.208 e. The molecular weight excluding hydrogens is 259 g/mol. The molecule has 0 aliphatic rings. The number of halogens is 1. The Morgan fingerprint density at radius 2 is 2.10 bits per heavy atom. The van der Waals surface area contributed by atoms with Crippen molar-refractivity contribution < 1.29 is 4.39 Å². The zero-order chi connectivity index (χ0) is 14.1. The van der Waals surface area contributed by atoms with E-state index in [4.69, 9.17) is 0 Å². The van der Waals surface area contributed by atoms with Gasteiger partial charge in [0.05, 0.1) is 11.7 Å². The van der Waals surface area contributed by atoms with Gasteiger partial charge in [0.2, 0.25) is 5.82 Å². The standard InChI is InChI=1S/C13H13FN6/c1-20(2)13-11(14)12(15-7-16-13)18-9-3-4-10-8(5-9)6-17-19-10/h3-7H,1-2H3,(H,17,19)(H,15,16,18). The Morgan fingerprint density at radius 3 is 2.90 bits per heavy atom. The van der Waals surface area contributed by atoms with Crippen molar-refractivity contribution in [3.63, 3.8) is 0 Å². The molecule has 0 radical (unpaired) electrons. The lowest BCUT2D eigenvalue weighted by atomic mass is 10.2. The Kier molecular flexibility index (Phi) is 2.94. The van der Waals surface area contributed by atoms with Crippen molar-refractivity contribution in [2.24, 2.45) is 0 Å². The highest BCUT2D eigenvalue weighted by molar-refractivity contribution is 5.82. The van der Waals surface area contributed by atoms with Crippen molar-refractivity contribution in [2.45, 2.75) is 0 Å². The SMILES string of the molecule is CN(C)c1ncnc(Nc2ccc3[nH]ncc3c2)c1F.